The topological polar surface area (TPSA) is 79.4 Å². The van der Waals surface area contributed by atoms with Crippen molar-refractivity contribution in [3.05, 3.63) is 24.3 Å². The van der Waals surface area contributed by atoms with Gasteiger partial charge in [-0.25, -0.2) is 8.42 Å². The summed E-state index contributed by atoms with van der Waals surface area (Å²) in [5.74, 6) is 0.422. The van der Waals surface area contributed by atoms with Crippen molar-refractivity contribution in [1.29, 1.82) is 0 Å². The zero-order chi connectivity index (χ0) is 21.3. The number of sulfonamides is 1. The third-order valence-electron chi connectivity index (χ3n) is 6.18. The summed E-state index contributed by atoms with van der Waals surface area (Å²) in [6.07, 6.45) is 2.15. The number of rotatable bonds is 4. The molecule has 9 heteroatoms. The lowest BCUT2D eigenvalue weighted by Crippen LogP contribution is -2.49. The second-order valence-electron chi connectivity index (χ2n) is 8.49. The summed E-state index contributed by atoms with van der Waals surface area (Å²) in [5, 5.41) is 0. The van der Waals surface area contributed by atoms with Gasteiger partial charge >= 0.3 is 0 Å². The minimum absolute atomic E-state index is 0.0204. The number of likely N-dealkylation sites (N-methyl/N-ethyl adjacent to an activating group) is 1. The largest absolute Gasteiger partial charge is 0.487 e. The second kappa shape index (κ2) is 8.82. The van der Waals surface area contributed by atoms with Gasteiger partial charge in [0.15, 0.2) is 0 Å². The standard InChI is InChI=1S/C21H31N3O5S/c1-22(2)13-14-24-16-9-11-23(21(25)19-7-5-15-28-19)12-10-17(16)29-18-6-3-4-8-20(18)30(24,26)27/h3-4,6,8,16-17,19H,5,7,9-15H2,1-2H3/t16-,17-,19+/m0/s1. The van der Waals surface area contributed by atoms with Crippen molar-refractivity contribution >= 4 is 15.9 Å². The molecule has 1 aromatic carbocycles. The molecule has 3 heterocycles. The molecule has 1 aromatic rings. The van der Waals surface area contributed by atoms with E-state index in [-0.39, 0.29) is 29.1 Å². The molecule has 0 spiro atoms. The van der Waals surface area contributed by atoms with E-state index in [9.17, 15) is 13.2 Å². The molecule has 0 N–H and O–H groups in total. The van der Waals surface area contributed by atoms with Crippen LogP contribution in [0, 0.1) is 0 Å². The van der Waals surface area contributed by atoms with Gasteiger partial charge in [0.1, 0.15) is 22.9 Å². The minimum atomic E-state index is -3.70. The van der Waals surface area contributed by atoms with Crippen molar-refractivity contribution in [3.63, 3.8) is 0 Å². The number of hydrogen-bond acceptors (Lipinski definition) is 6. The molecule has 0 saturated carbocycles. The molecule has 30 heavy (non-hydrogen) atoms. The molecular formula is C21H31N3O5S. The van der Waals surface area contributed by atoms with Crippen LogP contribution in [-0.2, 0) is 19.6 Å². The third kappa shape index (κ3) is 4.21. The van der Waals surface area contributed by atoms with E-state index in [4.69, 9.17) is 9.47 Å². The molecule has 1 amide bonds. The van der Waals surface area contributed by atoms with E-state index in [0.717, 1.165) is 12.8 Å². The fourth-order valence-electron chi connectivity index (χ4n) is 4.54. The highest BCUT2D eigenvalue weighted by Gasteiger charge is 2.44. The van der Waals surface area contributed by atoms with Crippen molar-refractivity contribution in [2.75, 3.05) is 46.9 Å². The first-order chi connectivity index (χ1) is 14.4. The highest BCUT2D eigenvalue weighted by atomic mass is 32.2. The van der Waals surface area contributed by atoms with Crippen LogP contribution in [0.5, 0.6) is 5.75 Å². The first-order valence-corrected chi connectivity index (χ1v) is 12.1. The van der Waals surface area contributed by atoms with Gasteiger partial charge in [0.25, 0.3) is 5.91 Å². The Labute approximate surface area is 178 Å². The lowest BCUT2D eigenvalue weighted by atomic mass is 10.1. The van der Waals surface area contributed by atoms with E-state index in [1.807, 2.05) is 23.9 Å². The smallest absolute Gasteiger partial charge is 0.251 e. The molecule has 166 valence electrons. The van der Waals surface area contributed by atoms with Crippen LogP contribution in [0.4, 0.5) is 0 Å². The summed E-state index contributed by atoms with van der Waals surface area (Å²) in [5.41, 5.74) is 0. The van der Waals surface area contributed by atoms with Crippen LogP contribution < -0.4 is 4.74 Å². The second-order valence-corrected chi connectivity index (χ2v) is 10.4. The van der Waals surface area contributed by atoms with Crippen LogP contribution in [0.15, 0.2) is 29.2 Å². The maximum Gasteiger partial charge on any atom is 0.251 e. The lowest BCUT2D eigenvalue weighted by Gasteiger charge is -2.32. The van der Waals surface area contributed by atoms with Crippen LogP contribution in [0.3, 0.4) is 0 Å². The average Bonchev–Trinajstić information content (AvgIpc) is 3.15. The minimum Gasteiger partial charge on any atom is -0.487 e. The molecule has 4 rings (SSSR count). The highest BCUT2D eigenvalue weighted by Crippen LogP contribution is 2.36. The van der Waals surface area contributed by atoms with E-state index in [2.05, 4.69) is 0 Å². The van der Waals surface area contributed by atoms with Gasteiger partial charge in [0.2, 0.25) is 10.0 Å². The van der Waals surface area contributed by atoms with Gasteiger partial charge in [-0.2, -0.15) is 4.31 Å². The maximum absolute atomic E-state index is 13.6. The number of amides is 1. The number of para-hydroxylation sites is 1. The molecule has 2 fully saturated rings. The molecule has 0 unspecified atom stereocenters. The third-order valence-corrected chi connectivity index (χ3v) is 8.14. The van der Waals surface area contributed by atoms with Crippen LogP contribution in [0.25, 0.3) is 0 Å². The van der Waals surface area contributed by atoms with E-state index in [1.54, 1.807) is 28.6 Å². The zero-order valence-electron chi connectivity index (χ0n) is 17.7. The first-order valence-electron chi connectivity index (χ1n) is 10.7. The van der Waals surface area contributed by atoms with E-state index in [0.29, 0.717) is 51.4 Å². The Morgan fingerprint density at radius 3 is 2.67 bits per heavy atom. The number of likely N-dealkylation sites (tertiary alicyclic amines) is 1. The van der Waals surface area contributed by atoms with Crippen LogP contribution >= 0.6 is 0 Å². The Kier molecular flexibility index (Phi) is 6.34. The van der Waals surface area contributed by atoms with Gasteiger partial charge in [0, 0.05) is 39.2 Å². The van der Waals surface area contributed by atoms with Gasteiger partial charge in [-0.3, -0.25) is 4.79 Å². The number of ether oxygens (including phenoxy) is 2. The average molecular weight is 438 g/mol. The molecule has 8 nitrogen and oxygen atoms in total. The molecule has 3 aliphatic heterocycles. The Bertz CT molecular complexity index is 869. The van der Waals surface area contributed by atoms with Gasteiger partial charge in [-0.1, -0.05) is 12.1 Å². The fourth-order valence-corrected chi connectivity index (χ4v) is 6.33. The Hall–Kier alpha value is -1.68. The molecule has 0 aliphatic carbocycles. The molecule has 0 aromatic heterocycles. The van der Waals surface area contributed by atoms with Gasteiger partial charge in [-0.05, 0) is 45.5 Å². The summed E-state index contributed by atoms with van der Waals surface area (Å²) in [7, 11) is 0.163. The van der Waals surface area contributed by atoms with Crippen LogP contribution in [0.2, 0.25) is 0 Å². The van der Waals surface area contributed by atoms with Crippen LogP contribution in [-0.4, -0.2) is 93.6 Å². The normalized spacial score (nSPS) is 28.9. The van der Waals surface area contributed by atoms with Crippen LogP contribution in [0.1, 0.15) is 25.7 Å². The maximum atomic E-state index is 13.6. The van der Waals surface area contributed by atoms with Crippen molar-refractivity contribution < 1.29 is 22.7 Å². The van der Waals surface area contributed by atoms with E-state index < -0.39 is 10.0 Å². The number of carbonyl (C=O) groups is 1. The highest BCUT2D eigenvalue weighted by molar-refractivity contribution is 7.89. The van der Waals surface area contributed by atoms with Crippen molar-refractivity contribution in [3.8, 4) is 5.75 Å². The number of hydrogen-bond donors (Lipinski definition) is 0. The van der Waals surface area contributed by atoms with Gasteiger partial charge in [-0.15, -0.1) is 0 Å². The van der Waals surface area contributed by atoms with Crippen molar-refractivity contribution in [2.24, 2.45) is 0 Å². The van der Waals surface area contributed by atoms with E-state index in [1.165, 1.54) is 0 Å². The van der Waals surface area contributed by atoms with Crippen molar-refractivity contribution in [2.45, 2.75) is 48.8 Å². The Balaban J connectivity index is 1.62. The summed E-state index contributed by atoms with van der Waals surface area (Å²) in [6.45, 7) is 2.68. The Morgan fingerprint density at radius 1 is 1.17 bits per heavy atom. The quantitative estimate of drug-likeness (QED) is 0.704. The monoisotopic (exact) mass is 437 g/mol. The van der Waals surface area contributed by atoms with Gasteiger partial charge in [0.05, 0.1) is 6.04 Å². The molecular weight excluding hydrogens is 406 g/mol. The molecule has 2 saturated heterocycles. The SMILES string of the molecule is CN(C)CCN1[C@H]2CCN(C(=O)[C@H]3CCCO3)CC[C@@H]2Oc2ccccc2S1(=O)=O. The molecule has 3 aliphatic rings. The lowest BCUT2D eigenvalue weighted by molar-refractivity contribution is -0.140. The summed E-state index contributed by atoms with van der Waals surface area (Å²) in [4.78, 5) is 16.9. The summed E-state index contributed by atoms with van der Waals surface area (Å²) < 4.78 is 40.6. The number of fused-ring (bicyclic) bond motifs is 2. The number of carbonyl (C=O) groups excluding carboxylic acids is 1. The Morgan fingerprint density at radius 2 is 1.93 bits per heavy atom. The number of benzene rings is 1. The van der Waals surface area contributed by atoms with Gasteiger partial charge < -0.3 is 19.3 Å². The molecule has 0 radical (unpaired) electrons. The fraction of sp³-hybridized carbons (Fsp3) is 0.667. The molecule has 3 atom stereocenters. The van der Waals surface area contributed by atoms with Crippen molar-refractivity contribution in [1.82, 2.24) is 14.1 Å². The van der Waals surface area contributed by atoms with E-state index >= 15 is 0 Å². The first kappa shape index (κ1) is 21.5. The molecule has 0 bridgehead atoms. The predicted molar refractivity (Wildman–Crippen MR) is 112 cm³/mol. The summed E-state index contributed by atoms with van der Waals surface area (Å²) in [6, 6.07) is 6.55. The summed E-state index contributed by atoms with van der Waals surface area (Å²) >= 11 is 0. The zero-order valence-corrected chi connectivity index (χ0v) is 18.5. The number of nitrogens with zero attached hydrogens (tertiary/aromatic N) is 3. The predicted octanol–water partition coefficient (Wildman–Crippen LogP) is 1.17.